The summed E-state index contributed by atoms with van der Waals surface area (Å²) in [6.45, 7) is 0.367. The SMILES string of the molecule is O=C(CCN1C(=S)N[C@@H](c2ccccn2)[C@@H]1c1cccn1-c1ccc(Cl)cn1)Nc1ccc(F)cc1. The Morgan fingerprint density at radius 2 is 1.92 bits per heavy atom. The zero-order chi connectivity index (χ0) is 25.1. The summed E-state index contributed by atoms with van der Waals surface area (Å²) in [4.78, 5) is 23.7. The Morgan fingerprint density at radius 3 is 2.64 bits per heavy atom. The predicted molar refractivity (Wildman–Crippen MR) is 140 cm³/mol. The minimum Gasteiger partial charge on any atom is -0.352 e. The van der Waals surface area contributed by atoms with Gasteiger partial charge in [0.15, 0.2) is 5.11 Å². The van der Waals surface area contributed by atoms with E-state index in [0.29, 0.717) is 28.2 Å². The van der Waals surface area contributed by atoms with Gasteiger partial charge in [0.1, 0.15) is 11.6 Å². The lowest BCUT2D eigenvalue weighted by Crippen LogP contribution is -2.33. The van der Waals surface area contributed by atoms with Crippen molar-refractivity contribution < 1.29 is 9.18 Å². The first kappa shape index (κ1) is 23.9. The number of nitrogens with zero attached hydrogens (tertiary/aromatic N) is 4. The number of anilines is 1. The molecule has 1 amide bonds. The monoisotopic (exact) mass is 520 g/mol. The van der Waals surface area contributed by atoms with E-state index in [-0.39, 0.29) is 30.2 Å². The number of aromatic nitrogens is 3. The third kappa shape index (κ3) is 5.07. The first-order valence-electron chi connectivity index (χ1n) is 11.3. The lowest BCUT2D eigenvalue weighted by atomic mass is 10.0. The number of benzene rings is 1. The molecular formula is C26H22ClFN6OS. The van der Waals surface area contributed by atoms with Crippen molar-refractivity contribution >= 4 is 40.5 Å². The van der Waals surface area contributed by atoms with Gasteiger partial charge in [0.2, 0.25) is 5.91 Å². The molecule has 3 aromatic heterocycles. The number of amides is 1. The molecule has 0 saturated carbocycles. The minimum atomic E-state index is -0.358. The maximum absolute atomic E-state index is 13.2. The highest BCUT2D eigenvalue weighted by Crippen LogP contribution is 2.39. The van der Waals surface area contributed by atoms with E-state index in [9.17, 15) is 9.18 Å². The summed E-state index contributed by atoms with van der Waals surface area (Å²) in [5.41, 5.74) is 2.31. The summed E-state index contributed by atoms with van der Waals surface area (Å²) < 4.78 is 15.2. The average Bonchev–Trinajstić information content (AvgIpc) is 3.49. The van der Waals surface area contributed by atoms with Gasteiger partial charge in [-0.25, -0.2) is 9.37 Å². The van der Waals surface area contributed by atoms with Crippen molar-refractivity contribution in [1.29, 1.82) is 0 Å². The fourth-order valence-corrected chi connectivity index (χ4v) is 4.74. The molecule has 182 valence electrons. The molecular weight excluding hydrogens is 499 g/mol. The van der Waals surface area contributed by atoms with E-state index in [0.717, 1.165) is 11.4 Å². The molecule has 1 aromatic carbocycles. The van der Waals surface area contributed by atoms with Crippen LogP contribution in [0.15, 0.2) is 85.3 Å². The highest BCUT2D eigenvalue weighted by molar-refractivity contribution is 7.80. The van der Waals surface area contributed by atoms with Gasteiger partial charge in [-0.3, -0.25) is 9.78 Å². The maximum Gasteiger partial charge on any atom is 0.226 e. The molecule has 0 spiro atoms. The van der Waals surface area contributed by atoms with Gasteiger partial charge in [-0.2, -0.15) is 0 Å². The van der Waals surface area contributed by atoms with Gasteiger partial charge in [-0.05, 0) is 72.9 Å². The molecule has 0 aliphatic carbocycles. The van der Waals surface area contributed by atoms with Gasteiger partial charge in [0.25, 0.3) is 0 Å². The van der Waals surface area contributed by atoms with E-state index >= 15 is 0 Å². The molecule has 4 aromatic rings. The van der Waals surface area contributed by atoms with Crippen molar-refractivity contribution in [2.75, 3.05) is 11.9 Å². The molecule has 0 radical (unpaired) electrons. The third-order valence-electron chi connectivity index (χ3n) is 5.95. The molecule has 5 rings (SSSR count). The lowest BCUT2D eigenvalue weighted by molar-refractivity contribution is -0.116. The quantitative estimate of drug-likeness (QED) is 0.332. The van der Waals surface area contributed by atoms with Gasteiger partial charge in [0, 0.05) is 42.9 Å². The number of carbonyl (C=O) groups is 1. The van der Waals surface area contributed by atoms with E-state index in [1.807, 2.05) is 52.1 Å². The number of carbonyl (C=O) groups excluding carboxylic acids is 1. The Morgan fingerprint density at radius 1 is 1.08 bits per heavy atom. The molecule has 1 aliphatic rings. The number of halogens is 2. The number of rotatable bonds is 7. The highest BCUT2D eigenvalue weighted by atomic mass is 35.5. The highest BCUT2D eigenvalue weighted by Gasteiger charge is 2.41. The van der Waals surface area contributed by atoms with E-state index in [2.05, 4.69) is 20.6 Å². The fourth-order valence-electron chi connectivity index (χ4n) is 4.30. The largest absolute Gasteiger partial charge is 0.352 e. The first-order valence-corrected chi connectivity index (χ1v) is 12.1. The number of hydrogen-bond acceptors (Lipinski definition) is 4. The molecule has 36 heavy (non-hydrogen) atoms. The number of pyridine rings is 2. The first-order chi connectivity index (χ1) is 17.5. The number of nitrogens with one attached hydrogen (secondary N) is 2. The molecule has 0 unspecified atom stereocenters. The van der Waals surface area contributed by atoms with Crippen molar-refractivity contribution in [2.24, 2.45) is 0 Å². The van der Waals surface area contributed by atoms with Crippen LogP contribution in [0.1, 0.15) is 29.9 Å². The van der Waals surface area contributed by atoms with E-state index in [1.165, 1.54) is 24.3 Å². The van der Waals surface area contributed by atoms with E-state index in [4.69, 9.17) is 23.8 Å². The molecule has 7 nitrogen and oxygen atoms in total. The fraction of sp³-hybridized carbons (Fsp3) is 0.154. The number of thiocarbonyl (C=S) groups is 1. The van der Waals surface area contributed by atoms with Gasteiger partial charge < -0.3 is 20.1 Å². The molecule has 2 N–H and O–H groups in total. The normalized spacial score (nSPS) is 17.2. The number of hydrogen-bond donors (Lipinski definition) is 2. The van der Waals surface area contributed by atoms with Gasteiger partial charge >= 0.3 is 0 Å². The molecule has 0 bridgehead atoms. The summed E-state index contributed by atoms with van der Waals surface area (Å²) in [7, 11) is 0. The Labute approximate surface area is 217 Å². The van der Waals surface area contributed by atoms with Gasteiger partial charge in [-0.1, -0.05) is 17.7 Å². The van der Waals surface area contributed by atoms with Crippen LogP contribution in [0.5, 0.6) is 0 Å². The summed E-state index contributed by atoms with van der Waals surface area (Å²) in [5, 5.41) is 7.28. The van der Waals surface area contributed by atoms with Crippen LogP contribution < -0.4 is 10.6 Å². The predicted octanol–water partition coefficient (Wildman–Crippen LogP) is 5.06. The Balaban J connectivity index is 1.43. The molecule has 1 saturated heterocycles. The second kappa shape index (κ2) is 10.4. The third-order valence-corrected chi connectivity index (χ3v) is 6.52. The lowest BCUT2D eigenvalue weighted by Gasteiger charge is -2.28. The molecule has 1 aliphatic heterocycles. The maximum atomic E-state index is 13.2. The van der Waals surface area contributed by atoms with Crippen LogP contribution in [0.4, 0.5) is 10.1 Å². The topological polar surface area (TPSA) is 75.1 Å². The summed E-state index contributed by atoms with van der Waals surface area (Å²) in [6.07, 6.45) is 5.47. The van der Waals surface area contributed by atoms with E-state index in [1.54, 1.807) is 18.5 Å². The zero-order valence-electron chi connectivity index (χ0n) is 19.0. The second-order valence-corrected chi connectivity index (χ2v) is 9.09. The summed E-state index contributed by atoms with van der Waals surface area (Å²) in [5.74, 6) is 0.160. The molecule has 2 atom stereocenters. The molecule has 4 heterocycles. The van der Waals surface area contributed by atoms with Gasteiger partial charge in [-0.15, -0.1) is 0 Å². The Bertz CT molecular complexity index is 1360. The van der Waals surface area contributed by atoms with Crippen LogP contribution in [0, 0.1) is 5.82 Å². The van der Waals surface area contributed by atoms with Crippen molar-refractivity contribution in [2.45, 2.75) is 18.5 Å². The second-order valence-electron chi connectivity index (χ2n) is 8.26. The van der Waals surface area contributed by atoms with Crippen LogP contribution >= 0.6 is 23.8 Å². The standard InChI is InChI=1S/C26H22ClFN6OS/c27-17-6-11-22(30-16-17)33-14-3-5-21(33)25-24(20-4-1-2-13-29-20)32-26(36)34(25)15-12-23(35)31-19-9-7-18(28)8-10-19/h1-11,13-14,16,24-25H,12,15H2,(H,31,35)(H,32,36)/t24-,25-/m0/s1. The minimum absolute atomic E-state index is 0.185. The Kier molecular flexibility index (Phi) is 6.92. The van der Waals surface area contributed by atoms with Crippen molar-refractivity contribution in [3.8, 4) is 5.82 Å². The van der Waals surface area contributed by atoms with E-state index < -0.39 is 0 Å². The molecule has 1 fully saturated rings. The molecule has 10 heteroatoms. The van der Waals surface area contributed by atoms with Crippen LogP contribution in [-0.2, 0) is 4.79 Å². The average molecular weight is 521 g/mol. The summed E-state index contributed by atoms with van der Waals surface area (Å²) in [6, 6.07) is 18.5. The summed E-state index contributed by atoms with van der Waals surface area (Å²) >= 11 is 11.8. The van der Waals surface area contributed by atoms with Crippen molar-refractivity contribution in [1.82, 2.24) is 24.8 Å². The van der Waals surface area contributed by atoms with Gasteiger partial charge in [0.05, 0.1) is 22.8 Å². The smallest absolute Gasteiger partial charge is 0.226 e. The Hall–Kier alpha value is -3.82. The van der Waals surface area contributed by atoms with Crippen LogP contribution in [0.2, 0.25) is 5.02 Å². The zero-order valence-corrected chi connectivity index (χ0v) is 20.6. The van der Waals surface area contributed by atoms with Crippen molar-refractivity contribution in [3.05, 3.63) is 108 Å². The van der Waals surface area contributed by atoms with Crippen molar-refractivity contribution in [3.63, 3.8) is 0 Å². The van der Waals surface area contributed by atoms with Crippen LogP contribution in [-0.4, -0.2) is 37.0 Å². The van der Waals surface area contributed by atoms with Crippen LogP contribution in [0.25, 0.3) is 5.82 Å². The van der Waals surface area contributed by atoms with Crippen LogP contribution in [0.3, 0.4) is 0 Å².